The maximum absolute atomic E-state index is 13.5. The Bertz CT molecular complexity index is 1100. The molecule has 0 spiro atoms. The molecule has 0 aromatic heterocycles. The number of carbonyl (C=O) groups is 3. The third-order valence-corrected chi connectivity index (χ3v) is 8.13. The summed E-state index contributed by atoms with van der Waals surface area (Å²) in [6, 6.07) is 15.2. The lowest BCUT2D eigenvalue weighted by atomic mass is 9.82. The molecule has 2 fully saturated rings. The van der Waals surface area contributed by atoms with Gasteiger partial charge in [0.05, 0.1) is 5.41 Å². The van der Waals surface area contributed by atoms with Crippen LogP contribution in [0.5, 0.6) is 0 Å². The molecular weight excluding hydrogens is 444 g/mol. The van der Waals surface area contributed by atoms with Crippen molar-refractivity contribution in [1.82, 2.24) is 10.2 Å². The minimum Gasteiger partial charge on any atom is -0.480 e. The lowest BCUT2D eigenvalue weighted by molar-refractivity contribution is -0.157. The number of aliphatic carboxylic acids is 1. The van der Waals surface area contributed by atoms with Crippen LogP contribution in [0.2, 0.25) is 0 Å². The van der Waals surface area contributed by atoms with Gasteiger partial charge in [0.2, 0.25) is 5.91 Å². The molecule has 2 amide bonds. The highest BCUT2D eigenvalue weighted by atomic mass is 16.5. The van der Waals surface area contributed by atoms with Crippen molar-refractivity contribution in [3.63, 3.8) is 0 Å². The monoisotopic (exact) mass is 476 g/mol. The third kappa shape index (κ3) is 4.17. The van der Waals surface area contributed by atoms with Crippen LogP contribution < -0.4 is 5.32 Å². The number of benzene rings is 2. The van der Waals surface area contributed by atoms with Gasteiger partial charge < -0.3 is 20.1 Å². The molecule has 2 unspecified atom stereocenters. The highest BCUT2D eigenvalue weighted by Crippen LogP contribution is 2.45. The van der Waals surface area contributed by atoms with Crippen molar-refractivity contribution < 1.29 is 24.2 Å². The summed E-state index contributed by atoms with van der Waals surface area (Å²) in [5.74, 6) is -1.17. The fraction of sp³-hybridized carbons (Fsp3) is 0.464. The predicted molar refractivity (Wildman–Crippen MR) is 131 cm³/mol. The first-order valence-electron chi connectivity index (χ1n) is 12.6. The van der Waals surface area contributed by atoms with Crippen molar-refractivity contribution in [2.45, 2.75) is 63.5 Å². The number of rotatable bonds is 5. The molecule has 2 aromatic rings. The Morgan fingerprint density at radius 1 is 1.00 bits per heavy atom. The molecule has 1 saturated carbocycles. The molecule has 2 N–H and O–H groups in total. The van der Waals surface area contributed by atoms with E-state index in [2.05, 4.69) is 29.6 Å². The molecule has 0 bridgehead atoms. The van der Waals surface area contributed by atoms with E-state index in [0.717, 1.165) is 30.4 Å². The number of fused-ring (bicyclic) bond motifs is 3. The van der Waals surface area contributed by atoms with Crippen LogP contribution in [0.15, 0.2) is 48.5 Å². The topological polar surface area (TPSA) is 95.9 Å². The number of nitrogens with one attached hydrogen (secondary N) is 1. The van der Waals surface area contributed by atoms with Crippen LogP contribution in [0, 0.1) is 5.41 Å². The van der Waals surface area contributed by atoms with Crippen LogP contribution >= 0.6 is 0 Å². The van der Waals surface area contributed by atoms with Crippen molar-refractivity contribution >= 4 is 18.0 Å². The average molecular weight is 477 g/mol. The summed E-state index contributed by atoms with van der Waals surface area (Å²) in [5, 5.41) is 12.6. The Morgan fingerprint density at radius 2 is 1.66 bits per heavy atom. The highest BCUT2D eigenvalue weighted by molar-refractivity contribution is 5.89. The Morgan fingerprint density at radius 3 is 2.31 bits per heavy atom. The number of carbonyl (C=O) groups excluding carboxylic acids is 2. The number of alkyl carbamates (subject to hydrolysis) is 1. The molecule has 2 aromatic carbocycles. The van der Waals surface area contributed by atoms with Gasteiger partial charge in [0.1, 0.15) is 12.6 Å². The molecule has 5 rings (SSSR count). The van der Waals surface area contributed by atoms with Gasteiger partial charge in [-0.25, -0.2) is 9.59 Å². The van der Waals surface area contributed by atoms with Crippen molar-refractivity contribution in [3.05, 3.63) is 59.7 Å². The number of nitrogens with zero attached hydrogens (tertiary/aromatic N) is 1. The van der Waals surface area contributed by atoms with Crippen LogP contribution in [0.25, 0.3) is 11.1 Å². The minimum atomic E-state index is -0.958. The van der Waals surface area contributed by atoms with Crippen LogP contribution in [0.4, 0.5) is 4.79 Å². The average Bonchev–Trinajstić information content (AvgIpc) is 3.40. The number of likely N-dealkylation sites (tertiary alicyclic amines) is 1. The van der Waals surface area contributed by atoms with E-state index in [1.807, 2.05) is 31.2 Å². The summed E-state index contributed by atoms with van der Waals surface area (Å²) in [6.07, 6.45) is 3.62. The van der Waals surface area contributed by atoms with E-state index in [9.17, 15) is 19.5 Å². The Hall–Kier alpha value is -3.35. The number of ether oxygens (including phenoxy) is 1. The first-order valence-corrected chi connectivity index (χ1v) is 12.6. The van der Waals surface area contributed by atoms with Crippen molar-refractivity contribution in [3.8, 4) is 11.1 Å². The smallest absolute Gasteiger partial charge is 0.407 e. The molecule has 3 atom stereocenters. The van der Waals surface area contributed by atoms with Gasteiger partial charge in [-0.1, -0.05) is 55.0 Å². The molecule has 1 heterocycles. The summed E-state index contributed by atoms with van der Waals surface area (Å²) >= 11 is 0. The van der Waals surface area contributed by atoms with Gasteiger partial charge in [0.15, 0.2) is 0 Å². The molecule has 7 nitrogen and oxygen atoms in total. The second-order valence-corrected chi connectivity index (χ2v) is 10.2. The van der Waals surface area contributed by atoms with E-state index in [-0.39, 0.29) is 24.5 Å². The van der Waals surface area contributed by atoms with E-state index in [1.165, 1.54) is 16.0 Å². The molecule has 184 valence electrons. The predicted octanol–water partition coefficient (Wildman–Crippen LogP) is 4.55. The van der Waals surface area contributed by atoms with Gasteiger partial charge >= 0.3 is 12.1 Å². The zero-order valence-electron chi connectivity index (χ0n) is 20.0. The maximum Gasteiger partial charge on any atom is 0.407 e. The van der Waals surface area contributed by atoms with Gasteiger partial charge in [-0.05, 0) is 61.3 Å². The molecule has 1 saturated heterocycles. The second kappa shape index (κ2) is 9.36. The lowest BCUT2D eigenvalue weighted by Crippen LogP contribution is -2.57. The normalized spacial score (nSPS) is 25.6. The van der Waals surface area contributed by atoms with Gasteiger partial charge in [0.25, 0.3) is 0 Å². The summed E-state index contributed by atoms with van der Waals surface area (Å²) in [7, 11) is 0. The number of hydrogen-bond acceptors (Lipinski definition) is 4. The Labute approximate surface area is 205 Å². The fourth-order valence-corrected chi connectivity index (χ4v) is 6.20. The number of carboxylic acids is 1. The second-order valence-electron chi connectivity index (χ2n) is 10.2. The number of amides is 2. The van der Waals surface area contributed by atoms with Crippen LogP contribution in [0.1, 0.15) is 62.5 Å². The molecule has 0 radical (unpaired) electrons. The van der Waals surface area contributed by atoms with Crippen LogP contribution in [-0.4, -0.2) is 53.2 Å². The third-order valence-electron chi connectivity index (χ3n) is 8.13. The van der Waals surface area contributed by atoms with E-state index in [4.69, 9.17) is 4.74 Å². The van der Waals surface area contributed by atoms with Gasteiger partial charge in [-0.2, -0.15) is 0 Å². The van der Waals surface area contributed by atoms with Crippen LogP contribution in [0.3, 0.4) is 0 Å². The quantitative estimate of drug-likeness (QED) is 0.660. The molecule has 1 aliphatic heterocycles. The zero-order chi connectivity index (χ0) is 24.6. The Kier molecular flexibility index (Phi) is 6.26. The van der Waals surface area contributed by atoms with Crippen molar-refractivity contribution in [1.29, 1.82) is 0 Å². The standard InChI is InChI=1S/C28H32N2O5/c1-28(26(33)30-16-7-6-13-23(30)25(31)32)15-8-14-24(28)29-27(34)35-17-22-20-11-4-2-9-18(20)19-10-3-5-12-21(19)22/h2-5,9-12,22-24H,6-8,13-17H2,1H3,(H,29,34)(H,31,32)/t23-,24?,28?/m1/s1. The molecule has 35 heavy (non-hydrogen) atoms. The fourth-order valence-electron chi connectivity index (χ4n) is 6.20. The van der Waals surface area contributed by atoms with E-state index in [1.54, 1.807) is 0 Å². The summed E-state index contributed by atoms with van der Waals surface area (Å²) in [5.41, 5.74) is 3.79. The number of piperidine rings is 1. The van der Waals surface area contributed by atoms with Gasteiger partial charge in [-0.15, -0.1) is 0 Å². The SMILES string of the molecule is CC1(C(=O)N2CCCC[C@@H]2C(=O)O)CCCC1NC(=O)OCC1c2ccccc2-c2ccccc21. The van der Waals surface area contributed by atoms with Crippen LogP contribution in [-0.2, 0) is 14.3 Å². The highest BCUT2D eigenvalue weighted by Gasteiger charge is 2.50. The van der Waals surface area contributed by atoms with Crippen molar-refractivity contribution in [2.75, 3.05) is 13.2 Å². The van der Waals surface area contributed by atoms with E-state index in [0.29, 0.717) is 25.8 Å². The largest absolute Gasteiger partial charge is 0.480 e. The summed E-state index contributed by atoms with van der Waals surface area (Å²) < 4.78 is 5.71. The zero-order valence-corrected chi connectivity index (χ0v) is 20.0. The molecular formula is C28H32N2O5. The summed E-state index contributed by atoms with van der Waals surface area (Å²) in [4.78, 5) is 39.7. The molecule has 3 aliphatic rings. The van der Waals surface area contributed by atoms with Gasteiger partial charge in [0, 0.05) is 18.5 Å². The first-order chi connectivity index (χ1) is 16.9. The molecule has 2 aliphatic carbocycles. The lowest BCUT2D eigenvalue weighted by Gasteiger charge is -2.40. The van der Waals surface area contributed by atoms with Crippen molar-refractivity contribution in [2.24, 2.45) is 5.41 Å². The number of carboxylic acid groups (broad SMARTS) is 1. The Balaban J connectivity index is 1.26. The summed E-state index contributed by atoms with van der Waals surface area (Å²) in [6.45, 7) is 2.51. The van der Waals surface area contributed by atoms with E-state index < -0.39 is 23.5 Å². The number of hydrogen-bond donors (Lipinski definition) is 2. The maximum atomic E-state index is 13.5. The van der Waals surface area contributed by atoms with Gasteiger partial charge in [-0.3, -0.25) is 4.79 Å². The van der Waals surface area contributed by atoms with E-state index >= 15 is 0 Å². The molecule has 7 heteroatoms. The minimum absolute atomic E-state index is 0.0329. The first kappa shape index (κ1) is 23.4.